The van der Waals surface area contributed by atoms with Crippen LogP contribution in [-0.4, -0.2) is 46.5 Å². The van der Waals surface area contributed by atoms with Crippen molar-refractivity contribution in [3.05, 3.63) is 17.4 Å². The largest absolute Gasteiger partial charge is 0.492 e. The molecular formula is C14H18FNO6S. The van der Waals surface area contributed by atoms with Gasteiger partial charge in [-0.3, -0.25) is 4.79 Å². The Morgan fingerprint density at radius 3 is 2.39 bits per heavy atom. The highest BCUT2D eigenvalue weighted by Gasteiger charge is 2.35. The second kappa shape index (κ2) is 6.32. The Hall–Kier alpha value is -1.87. The molecule has 1 aliphatic heterocycles. The smallest absolute Gasteiger partial charge is 0.307 e. The average molecular weight is 347 g/mol. The number of benzene rings is 1. The molecule has 2 unspecified atom stereocenters. The number of carbonyl (C=O) groups is 1. The monoisotopic (exact) mass is 347 g/mol. The van der Waals surface area contributed by atoms with Gasteiger partial charge in [0.15, 0.2) is 21.3 Å². The predicted octanol–water partition coefficient (Wildman–Crippen LogP) is 0.982. The molecular weight excluding hydrogens is 329 g/mol. The molecule has 7 nitrogen and oxygen atoms in total. The first-order chi connectivity index (χ1) is 10.7. The van der Waals surface area contributed by atoms with Crippen molar-refractivity contribution in [2.45, 2.75) is 17.4 Å². The van der Waals surface area contributed by atoms with Gasteiger partial charge < -0.3 is 19.9 Å². The van der Waals surface area contributed by atoms with Crippen LogP contribution in [0.3, 0.4) is 0 Å². The van der Waals surface area contributed by atoms with Gasteiger partial charge in [0.05, 0.1) is 20.1 Å². The van der Waals surface area contributed by atoms with Gasteiger partial charge in [0.2, 0.25) is 0 Å². The summed E-state index contributed by atoms with van der Waals surface area (Å²) in [6, 6.07) is 0.586. The molecule has 1 saturated heterocycles. The Morgan fingerprint density at radius 1 is 1.35 bits per heavy atom. The number of rotatable bonds is 5. The van der Waals surface area contributed by atoms with Crippen molar-refractivity contribution in [2.75, 3.05) is 27.0 Å². The summed E-state index contributed by atoms with van der Waals surface area (Å²) >= 11 is 0. The number of sulfone groups is 1. The Bertz CT molecular complexity index is 733. The molecule has 2 rings (SSSR count). The van der Waals surface area contributed by atoms with Crippen molar-refractivity contribution < 1.29 is 32.2 Å². The molecule has 1 fully saturated rings. The highest BCUT2D eigenvalue weighted by Crippen LogP contribution is 2.44. The van der Waals surface area contributed by atoms with Crippen LogP contribution in [0.4, 0.5) is 4.39 Å². The van der Waals surface area contributed by atoms with Crippen LogP contribution in [0.25, 0.3) is 0 Å². The standard InChI is InChI=1S/C14H18FNO6S/c1-21-11-8(10-4-7(6-16-10)14(17)18)5-9(15)13(12(11)22-2)23(3,19)20/h5,7,10,16H,4,6H2,1-3H3,(H,17,18). The van der Waals surface area contributed by atoms with Crippen molar-refractivity contribution >= 4 is 15.8 Å². The minimum Gasteiger partial charge on any atom is -0.492 e. The second-order valence-corrected chi connectivity index (χ2v) is 7.30. The van der Waals surface area contributed by atoms with E-state index in [9.17, 15) is 17.6 Å². The molecule has 2 atom stereocenters. The SMILES string of the molecule is COc1c(C2CC(C(=O)O)CN2)cc(F)c(S(C)(=O)=O)c1OC. The molecule has 1 heterocycles. The number of ether oxygens (including phenoxy) is 2. The Labute approximate surface area is 133 Å². The lowest BCUT2D eigenvalue weighted by atomic mass is 9.99. The van der Waals surface area contributed by atoms with Crippen LogP contribution in [0.15, 0.2) is 11.0 Å². The summed E-state index contributed by atoms with van der Waals surface area (Å²) in [5.74, 6) is -2.64. The van der Waals surface area contributed by atoms with Gasteiger partial charge in [0.25, 0.3) is 0 Å². The van der Waals surface area contributed by atoms with Crippen molar-refractivity contribution in [2.24, 2.45) is 5.92 Å². The number of halogens is 1. The molecule has 23 heavy (non-hydrogen) atoms. The van der Waals surface area contributed by atoms with Gasteiger partial charge in [-0.05, 0) is 12.5 Å². The van der Waals surface area contributed by atoms with E-state index in [2.05, 4.69) is 5.32 Å². The number of aliphatic carboxylic acids is 1. The first kappa shape index (κ1) is 17.5. The summed E-state index contributed by atoms with van der Waals surface area (Å²) in [5, 5.41) is 12.0. The van der Waals surface area contributed by atoms with E-state index in [1.807, 2.05) is 0 Å². The fourth-order valence-electron chi connectivity index (χ4n) is 2.77. The molecule has 0 aromatic heterocycles. The average Bonchev–Trinajstić information content (AvgIpc) is 2.94. The third kappa shape index (κ3) is 3.25. The van der Waals surface area contributed by atoms with Crippen LogP contribution in [0, 0.1) is 11.7 Å². The summed E-state index contributed by atoms with van der Waals surface area (Å²) in [4.78, 5) is 10.5. The zero-order valence-electron chi connectivity index (χ0n) is 12.9. The van der Waals surface area contributed by atoms with Gasteiger partial charge in [0.1, 0.15) is 10.7 Å². The number of hydrogen-bond donors (Lipinski definition) is 2. The predicted molar refractivity (Wildman–Crippen MR) is 79.1 cm³/mol. The summed E-state index contributed by atoms with van der Waals surface area (Å²) in [5.41, 5.74) is 0.331. The van der Waals surface area contributed by atoms with Gasteiger partial charge in [-0.1, -0.05) is 0 Å². The Kier molecular flexibility index (Phi) is 4.81. The normalized spacial score (nSPS) is 21.2. The van der Waals surface area contributed by atoms with Crippen molar-refractivity contribution in [3.63, 3.8) is 0 Å². The van der Waals surface area contributed by atoms with Crippen LogP contribution in [0.1, 0.15) is 18.0 Å². The fraction of sp³-hybridized carbons (Fsp3) is 0.500. The molecule has 1 aromatic rings. The quantitative estimate of drug-likeness (QED) is 0.818. The van der Waals surface area contributed by atoms with E-state index in [1.165, 1.54) is 14.2 Å². The number of methoxy groups -OCH3 is 2. The summed E-state index contributed by atoms with van der Waals surface area (Å²) < 4.78 is 48.3. The van der Waals surface area contributed by atoms with Gasteiger partial charge in [-0.15, -0.1) is 0 Å². The lowest BCUT2D eigenvalue weighted by Gasteiger charge is -2.20. The maximum atomic E-state index is 14.4. The van der Waals surface area contributed by atoms with Crippen molar-refractivity contribution in [1.82, 2.24) is 5.32 Å². The maximum Gasteiger partial charge on any atom is 0.307 e. The highest BCUT2D eigenvalue weighted by molar-refractivity contribution is 7.90. The zero-order chi connectivity index (χ0) is 17.4. The summed E-state index contributed by atoms with van der Waals surface area (Å²) in [6.07, 6.45) is 1.12. The molecule has 0 aliphatic carbocycles. The van der Waals surface area contributed by atoms with E-state index in [0.717, 1.165) is 12.3 Å². The highest BCUT2D eigenvalue weighted by atomic mass is 32.2. The lowest BCUT2D eigenvalue weighted by molar-refractivity contribution is -0.141. The first-order valence-corrected chi connectivity index (χ1v) is 8.70. The molecule has 1 aliphatic rings. The van der Waals surface area contributed by atoms with Crippen LogP contribution >= 0.6 is 0 Å². The lowest BCUT2D eigenvalue weighted by Crippen LogP contribution is -2.18. The molecule has 2 N–H and O–H groups in total. The Morgan fingerprint density at radius 2 is 1.96 bits per heavy atom. The molecule has 0 bridgehead atoms. The van der Waals surface area contributed by atoms with Crippen molar-refractivity contribution in [3.8, 4) is 11.5 Å². The molecule has 128 valence electrons. The number of hydrogen-bond acceptors (Lipinski definition) is 6. The summed E-state index contributed by atoms with van der Waals surface area (Å²) in [6.45, 7) is 0.237. The van der Waals surface area contributed by atoms with Crippen LogP contribution in [0.5, 0.6) is 11.5 Å². The van der Waals surface area contributed by atoms with Gasteiger partial charge in [-0.25, -0.2) is 12.8 Å². The van der Waals surface area contributed by atoms with E-state index < -0.39 is 38.5 Å². The molecule has 0 radical (unpaired) electrons. The maximum absolute atomic E-state index is 14.4. The summed E-state index contributed by atoms with van der Waals surface area (Å²) in [7, 11) is -1.33. The third-order valence-electron chi connectivity index (χ3n) is 3.81. The van der Waals surface area contributed by atoms with E-state index >= 15 is 0 Å². The number of carboxylic acid groups (broad SMARTS) is 1. The van der Waals surface area contributed by atoms with Gasteiger partial charge in [-0.2, -0.15) is 0 Å². The minimum atomic E-state index is -3.87. The van der Waals surface area contributed by atoms with Crippen LogP contribution in [-0.2, 0) is 14.6 Å². The first-order valence-electron chi connectivity index (χ1n) is 6.81. The molecule has 0 spiro atoms. The topological polar surface area (TPSA) is 102 Å². The van der Waals surface area contributed by atoms with E-state index in [1.54, 1.807) is 0 Å². The molecule has 0 amide bonds. The number of nitrogens with one attached hydrogen (secondary N) is 1. The Balaban J connectivity index is 2.59. The fourth-order valence-corrected chi connectivity index (χ4v) is 3.70. The van der Waals surface area contributed by atoms with Gasteiger partial charge in [0, 0.05) is 24.4 Å². The molecule has 9 heteroatoms. The second-order valence-electron chi connectivity index (χ2n) is 5.35. The molecule has 1 aromatic carbocycles. The number of carboxylic acids is 1. The van der Waals surface area contributed by atoms with Crippen molar-refractivity contribution in [1.29, 1.82) is 0 Å². The van der Waals surface area contributed by atoms with E-state index in [0.29, 0.717) is 5.56 Å². The van der Waals surface area contributed by atoms with Gasteiger partial charge >= 0.3 is 5.97 Å². The van der Waals surface area contributed by atoms with Crippen LogP contribution in [0.2, 0.25) is 0 Å². The zero-order valence-corrected chi connectivity index (χ0v) is 13.7. The molecule has 0 saturated carbocycles. The van der Waals surface area contributed by atoms with Crippen LogP contribution < -0.4 is 14.8 Å². The van der Waals surface area contributed by atoms with E-state index in [-0.39, 0.29) is 24.5 Å². The van der Waals surface area contributed by atoms with E-state index in [4.69, 9.17) is 14.6 Å². The third-order valence-corrected chi connectivity index (χ3v) is 4.93. The minimum absolute atomic E-state index is 0.0814.